The SMILES string of the molecule is COCCCC(=O)c1ccccc1OC(F)F. The van der Waals surface area contributed by atoms with Gasteiger partial charge in [0.25, 0.3) is 0 Å². The molecule has 0 spiro atoms. The van der Waals surface area contributed by atoms with E-state index in [0.717, 1.165) is 0 Å². The molecule has 1 aromatic rings. The van der Waals surface area contributed by atoms with Gasteiger partial charge < -0.3 is 9.47 Å². The van der Waals surface area contributed by atoms with Crippen LogP contribution in [0.1, 0.15) is 23.2 Å². The van der Waals surface area contributed by atoms with Crippen LogP contribution in [0.15, 0.2) is 24.3 Å². The Morgan fingerprint density at radius 2 is 2.06 bits per heavy atom. The highest BCUT2D eigenvalue weighted by molar-refractivity contribution is 5.98. The Hall–Kier alpha value is -1.49. The molecule has 0 atom stereocenters. The maximum atomic E-state index is 12.1. The molecule has 3 nitrogen and oxygen atoms in total. The summed E-state index contributed by atoms with van der Waals surface area (Å²) in [5.74, 6) is -0.303. The minimum atomic E-state index is -2.93. The molecule has 0 bridgehead atoms. The number of rotatable bonds is 7. The van der Waals surface area contributed by atoms with Crippen molar-refractivity contribution >= 4 is 5.78 Å². The van der Waals surface area contributed by atoms with Gasteiger partial charge in [-0.3, -0.25) is 4.79 Å². The van der Waals surface area contributed by atoms with Gasteiger partial charge in [-0.15, -0.1) is 0 Å². The van der Waals surface area contributed by atoms with Gasteiger partial charge in [-0.25, -0.2) is 0 Å². The molecular weight excluding hydrogens is 230 g/mol. The second kappa shape index (κ2) is 6.96. The van der Waals surface area contributed by atoms with E-state index in [1.807, 2.05) is 0 Å². The molecule has 17 heavy (non-hydrogen) atoms. The van der Waals surface area contributed by atoms with Crippen LogP contribution in [-0.2, 0) is 4.74 Å². The molecule has 1 rings (SSSR count). The highest BCUT2D eigenvalue weighted by Gasteiger charge is 2.14. The fourth-order valence-electron chi connectivity index (χ4n) is 1.41. The average Bonchev–Trinajstić information content (AvgIpc) is 2.29. The molecule has 0 unspecified atom stereocenters. The largest absolute Gasteiger partial charge is 0.434 e. The van der Waals surface area contributed by atoms with Gasteiger partial charge in [-0.1, -0.05) is 12.1 Å². The maximum absolute atomic E-state index is 12.1. The molecule has 0 heterocycles. The summed E-state index contributed by atoms with van der Waals surface area (Å²) in [6, 6.07) is 5.99. The number of hydrogen-bond acceptors (Lipinski definition) is 3. The van der Waals surface area contributed by atoms with Crippen molar-refractivity contribution in [1.29, 1.82) is 0 Å². The number of hydrogen-bond donors (Lipinski definition) is 0. The van der Waals surface area contributed by atoms with E-state index in [1.165, 1.54) is 12.1 Å². The van der Waals surface area contributed by atoms with E-state index in [-0.39, 0.29) is 23.5 Å². The van der Waals surface area contributed by atoms with Crippen molar-refractivity contribution in [2.45, 2.75) is 19.5 Å². The van der Waals surface area contributed by atoms with Gasteiger partial charge in [0.15, 0.2) is 5.78 Å². The van der Waals surface area contributed by atoms with Crippen molar-refractivity contribution in [3.63, 3.8) is 0 Å². The molecule has 0 aromatic heterocycles. The van der Waals surface area contributed by atoms with Gasteiger partial charge in [-0.05, 0) is 18.6 Å². The summed E-state index contributed by atoms with van der Waals surface area (Å²) < 4.78 is 33.3. The van der Waals surface area contributed by atoms with Crippen LogP contribution in [-0.4, -0.2) is 26.1 Å². The molecule has 5 heteroatoms. The highest BCUT2D eigenvalue weighted by atomic mass is 19.3. The van der Waals surface area contributed by atoms with Gasteiger partial charge in [0.05, 0.1) is 5.56 Å². The lowest BCUT2D eigenvalue weighted by atomic mass is 10.1. The first-order chi connectivity index (χ1) is 8.15. The number of Topliss-reactive ketones (excluding diaryl/α,β-unsaturated/α-hetero) is 1. The standard InChI is InChI=1S/C12H14F2O3/c1-16-8-4-6-10(15)9-5-2-3-7-11(9)17-12(13)14/h2-3,5,7,12H,4,6,8H2,1H3. The third-order valence-electron chi connectivity index (χ3n) is 2.16. The topological polar surface area (TPSA) is 35.5 Å². The van der Waals surface area contributed by atoms with E-state index in [2.05, 4.69) is 4.74 Å². The number of carbonyl (C=O) groups is 1. The molecule has 0 fully saturated rings. The van der Waals surface area contributed by atoms with Crippen molar-refractivity contribution in [3.05, 3.63) is 29.8 Å². The average molecular weight is 244 g/mol. The first-order valence-electron chi connectivity index (χ1n) is 5.21. The monoisotopic (exact) mass is 244 g/mol. The first kappa shape index (κ1) is 13.6. The van der Waals surface area contributed by atoms with E-state index >= 15 is 0 Å². The molecule has 0 N–H and O–H groups in total. The smallest absolute Gasteiger partial charge is 0.387 e. The molecule has 0 aliphatic rings. The Balaban J connectivity index is 2.71. The van der Waals surface area contributed by atoms with Gasteiger partial charge in [0.2, 0.25) is 0 Å². The molecule has 1 aromatic carbocycles. The van der Waals surface area contributed by atoms with Gasteiger partial charge in [0.1, 0.15) is 5.75 Å². The summed E-state index contributed by atoms with van der Waals surface area (Å²) in [5, 5.41) is 0. The number of ether oxygens (including phenoxy) is 2. The molecule has 0 saturated carbocycles. The molecule has 0 amide bonds. The maximum Gasteiger partial charge on any atom is 0.387 e. The number of ketones is 1. The van der Waals surface area contributed by atoms with Gasteiger partial charge >= 0.3 is 6.61 Å². The summed E-state index contributed by atoms with van der Waals surface area (Å²) in [6.45, 7) is -2.47. The van der Waals surface area contributed by atoms with Crippen molar-refractivity contribution in [1.82, 2.24) is 0 Å². The fraction of sp³-hybridized carbons (Fsp3) is 0.417. The Morgan fingerprint density at radius 3 is 2.71 bits per heavy atom. The molecule has 94 valence electrons. The number of alkyl halides is 2. The van der Waals surface area contributed by atoms with E-state index in [9.17, 15) is 13.6 Å². The lowest BCUT2D eigenvalue weighted by Gasteiger charge is -2.09. The van der Waals surface area contributed by atoms with E-state index in [1.54, 1.807) is 19.2 Å². The zero-order valence-electron chi connectivity index (χ0n) is 9.49. The Labute approximate surface area is 98.3 Å². The summed E-state index contributed by atoms with van der Waals surface area (Å²) in [6.07, 6.45) is 0.801. The molecule has 0 aliphatic heterocycles. The lowest BCUT2D eigenvalue weighted by Crippen LogP contribution is -2.08. The fourth-order valence-corrected chi connectivity index (χ4v) is 1.41. The number of benzene rings is 1. The predicted molar refractivity (Wildman–Crippen MR) is 58.5 cm³/mol. The zero-order chi connectivity index (χ0) is 12.7. The van der Waals surface area contributed by atoms with Crippen molar-refractivity contribution < 1.29 is 23.0 Å². The van der Waals surface area contributed by atoms with Gasteiger partial charge in [0, 0.05) is 20.1 Å². The van der Waals surface area contributed by atoms with Crippen LogP contribution in [0, 0.1) is 0 Å². The summed E-state index contributed by atoms with van der Waals surface area (Å²) in [5.41, 5.74) is 0.184. The highest BCUT2D eigenvalue weighted by Crippen LogP contribution is 2.22. The van der Waals surface area contributed by atoms with E-state index < -0.39 is 6.61 Å². The summed E-state index contributed by atoms with van der Waals surface area (Å²) in [4.78, 5) is 11.7. The van der Waals surface area contributed by atoms with Crippen LogP contribution in [0.3, 0.4) is 0 Å². The quantitative estimate of drug-likeness (QED) is 0.546. The molecule has 0 saturated heterocycles. The number of para-hydroxylation sites is 1. The summed E-state index contributed by atoms with van der Waals surface area (Å²) in [7, 11) is 1.54. The Bertz CT molecular complexity index is 367. The minimum absolute atomic E-state index is 0.0788. The van der Waals surface area contributed by atoms with Crippen molar-refractivity contribution in [2.24, 2.45) is 0 Å². The first-order valence-corrected chi connectivity index (χ1v) is 5.21. The Kier molecular flexibility index (Phi) is 5.56. The van der Waals surface area contributed by atoms with Gasteiger partial charge in [-0.2, -0.15) is 8.78 Å². The van der Waals surface area contributed by atoms with Crippen LogP contribution in [0.4, 0.5) is 8.78 Å². The number of carbonyl (C=O) groups excluding carboxylic acids is 1. The van der Waals surface area contributed by atoms with Crippen LogP contribution >= 0.6 is 0 Å². The molecular formula is C12H14F2O3. The number of methoxy groups -OCH3 is 1. The van der Waals surface area contributed by atoms with Crippen molar-refractivity contribution in [3.8, 4) is 5.75 Å². The lowest BCUT2D eigenvalue weighted by molar-refractivity contribution is -0.0501. The molecule has 0 aliphatic carbocycles. The predicted octanol–water partition coefficient (Wildman–Crippen LogP) is 2.90. The molecule has 0 radical (unpaired) electrons. The van der Waals surface area contributed by atoms with Crippen LogP contribution in [0.2, 0.25) is 0 Å². The minimum Gasteiger partial charge on any atom is -0.434 e. The zero-order valence-corrected chi connectivity index (χ0v) is 9.49. The second-order valence-electron chi connectivity index (χ2n) is 3.39. The summed E-state index contributed by atoms with van der Waals surface area (Å²) >= 11 is 0. The number of halogens is 2. The van der Waals surface area contributed by atoms with Crippen LogP contribution in [0.25, 0.3) is 0 Å². The van der Waals surface area contributed by atoms with E-state index in [0.29, 0.717) is 13.0 Å². The normalized spacial score (nSPS) is 10.6. The second-order valence-corrected chi connectivity index (χ2v) is 3.39. The third kappa shape index (κ3) is 4.48. The van der Waals surface area contributed by atoms with Crippen LogP contribution < -0.4 is 4.74 Å². The third-order valence-corrected chi connectivity index (χ3v) is 2.16. The van der Waals surface area contributed by atoms with Crippen LogP contribution in [0.5, 0.6) is 5.75 Å². The van der Waals surface area contributed by atoms with E-state index in [4.69, 9.17) is 4.74 Å². The Morgan fingerprint density at radius 1 is 1.35 bits per heavy atom. The van der Waals surface area contributed by atoms with Crippen molar-refractivity contribution in [2.75, 3.05) is 13.7 Å².